The van der Waals surface area contributed by atoms with Gasteiger partial charge in [-0.3, -0.25) is 14.5 Å². The first-order valence-corrected chi connectivity index (χ1v) is 6.36. The summed E-state index contributed by atoms with van der Waals surface area (Å²) in [6.45, 7) is 2.61. The largest absolute Gasteiger partial charge is 0.480 e. The lowest BCUT2D eigenvalue weighted by Crippen LogP contribution is -2.60. The Morgan fingerprint density at radius 3 is 2.30 bits per heavy atom. The smallest absolute Gasteiger partial charge is 0.329 e. The van der Waals surface area contributed by atoms with Gasteiger partial charge in [0.25, 0.3) is 5.91 Å². The van der Waals surface area contributed by atoms with E-state index in [1.807, 2.05) is 0 Å². The molecule has 0 bridgehead atoms. The quantitative estimate of drug-likeness (QED) is 0.598. The summed E-state index contributed by atoms with van der Waals surface area (Å²) in [6.07, 6.45) is 1.45. The van der Waals surface area contributed by atoms with Crippen molar-refractivity contribution in [2.75, 3.05) is 6.54 Å². The van der Waals surface area contributed by atoms with Gasteiger partial charge in [0.05, 0.1) is 0 Å². The Labute approximate surface area is 115 Å². The highest BCUT2D eigenvalue weighted by Gasteiger charge is 2.48. The number of imide groups is 1. The molecule has 1 saturated carbocycles. The van der Waals surface area contributed by atoms with E-state index in [0.717, 1.165) is 11.3 Å². The van der Waals surface area contributed by atoms with E-state index >= 15 is 0 Å². The van der Waals surface area contributed by atoms with Gasteiger partial charge in [-0.15, -0.1) is 0 Å². The van der Waals surface area contributed by atoms with Crippen LogP contribution in [0.15, 0.2) is 0 Å². The molecule has 0 unspecified atom stereocenters. The molecule has 2 aliphatic rings. The van der Waals surface area contributed by atoms with Crippen LogP contribution in [0.1, 0.15) is 33.1 Å². The number of nitrogens with one attached hydrogen (secondary N) is 2. The number of carbonyl (C=O) groups is 4. The number of hydrogen-bond donors (Lipinski definition) is 3. The molecule has 1 heterocycles. The Hall–Kier alpha value is -2.12. The Balaban J connectivity index is 2.01. The second kappa shape index (κ2) is 4.46. The Morgan fingerprint density at radius 1 is 1.35 bits per heavy atom. The highest BCUT2D eigenvalue weighted by Crippen LogP contribution is 2.32. The van der Waals surface area contributed by atoms with Gasteiger partial charge in [-0.05, 0) is 33.1 Å². The van der Waals surface area contributed by atoms with Gasteiger partial charge >= 0.3 is 12.0 Å². The molecule has 1 aliphatic carbocycles. The Kier molecular flexibility index (Phi) is 3.19. The molecule has 0 aromatic heterocycles. The zero-order valence-corrected chi connectivity index (χ0v) is 11.4. The molecular weight excluding hydrogens is 266 g/mol. The summed E-state index contributed by atoms with van der Waals surface area (Å²) >= 11 is 0. The van der Waals surface area contributed by atoms with Crippen molar-refractivity contribution in [1.82, 2.24) is 15.5 Å². The van der Waals surface area contributed by atoms with Crippen LogP contribution in [0.3, 0.4) is 0 Å². The van der Waals surface area contributed by atoms with Crippen molar-refractivity contribution in [3.63, 3.8) is 0 Å². The number of amides is 4. The van der Waals surface area contributed by atoms with E-state index in [9.17, 15) is 19.2 Å². The second-order valence-corrected chi connectivity index (χ2v) is 5.74. The fourth-order valence-electron chi connectivity index (χ4n) is 2.33. The summed E-state index contributed by atoms with van der Waals surface area (Å²) in [7, 11) is 0. The van der Waals surface area contributed by atoms with Crippen LogP contribution in [-0.2, 0) is 14.4 Å². The first-order valence-electron chi connectivity index (χ1n) is 6.36. The summed E-state index contributed by atoms with van der Waals surface area (Å²) in [6, 6.07) is -0.645. The molecule has 0 radical (unpaired) electrons. The number of nitrogens with zero attached hydrogens (tertiary/aromatic N) is 1. The molecule has 0 spiro atoms. The summed E-state index contributed by atoms with van der Waals surface area (Å²) in [5.41, 5.74) is -2.29. The van der Waals surface area contributed by atoms with Crippen molar-refractivity contribution < 1.29 is 24.3 Å². The first kappa shape index (κ1) is 14.3. The van der Waals surface area contributed by atoms with Gasteiger partial charge in [0.1, 0.15) is 17.6 Å². The van der Waals surface area contributed by atoms with Crippen molar-refractivity contribution in [2.24, 2.45) is 0 Å². The number of urea groups is 1. The highest BCUT2D eigenvalue weighted by atomic mass is 16.4. The van der Waals surface area contributed by atoms with Gasteiger partial charge in [0.2, 0.25) is 5.91 Å². The van der Waals surface area contributed by atoms with Crippen molar-refractivity contribution in [2.45, 2.75) is 44.2 Å². The van der Waals surface area contributed by atoms with Gasteiger partial charge < -0.3 is 15.7 Å². The number of aliphatic carboxylic acids is 1. The van der Waals surface area contributed by atoms with E-state index in [1.54, 1.807) is 0 Å². The van der Waals surface area contributed by atoms with E-state index in [-0.39, 0.29) is 0 Å². The first-order chi connectivity index (χ1) is 9.18. The summed E-state index contributed by atoms with van der Waals surface area (Å²) in [4.78, 5) is 47.3. The van der Waals surface area contributed by atoms with Gasteiger partial charge in [-0.2, -0.15) is 0 Å². The molecule has 2 rings (SSSR count). The fraction of sp³-hybridized carbons (Fsp3) is 0.667. The highest BCUT2D eigenvalue weighted by molar-refractivity contribution is 6.08. The zero-order valence-electron chi connectivity index (χ0n) is 11.4. The molecule has 0 aromatic carbocycles. The predicted molar refractivity (Wildman–Crippen MR) is 66.7 cm³/mol. The minimum Gasteiger partial charge on any atom is -0.480 e. The third-order valence-corrected chi connectivity index (χ3v) is 3.74. The van der Waals surface area contributed by atoms with Crippen molar-refractivity contribution in [3.8, 4) is 0 Å². The van der Waals surface area contributed by atoms with Crippen molar-refractivity contribution in [3.05, 3.63) is 0 Å². The number of carbonyl (C=O) groups excluding carboxylic acids is 3. The zero-order chi connectivity index (χ0) is 15.1. The topological polar surface area (TPSA) is 116 Å². The summed E-state index contributed by atoms with van der Waals surface area (Å²) in [5, 5.41) is 14.0. The minimum atomic E-state index is -1.24. The van der Waals surface area contributed by atoms with E-state index in [4.69, 9.17) is 5.11 Å². The molecule has 2 fully saturated rings. The molecule has 8 nitrogen and oxygen atoms in total. The molecule has 1 aliphatic heterocycles. The lowest BCUT2D eigenvalue weighted by molar-refractivity contribution is -0.152. The van der Waals surface area contributed by atoms with Crippen LogP contribution in [0, 0.1) is 0 Å². The van der Waals surface area contributed by atoms with E-state index < -0.39 is 41.4 Å². The van der Waals surface area contributed by atoms with Crippen molar-refractivity contribution >= 4 is 23.8 Å². The predicted octanol–water partition coefficient (Wildman–Crippen LogP) is -0.560. The number of carboxylic acids is 1. The number of rotatable bonds is 4. The summed E-state index contributed by atoms with van der Waals surface area (Å²) in [5.74, 6) is -2.24. The van der Waals surface area contributed by atoms with E-state index in [2.05, 4.69) is 10.6 Å². The van der Waals surface area contributed by atoms with Gasteiger partial charge in [-0.25, -0.2) is 9.59 Å². The van der Waals surface area contributed by atoms with Crippen LogP contribution in [0.5, 0.6) is 0 Å². The van der Waals surface area contributed by atoms with Crippen LogP contribution in [0.25, 0.3) is 0 Å². The fourth-order valence-corrected chi connectivity index (χ4v) is 2.33. The number of hydrogen-bond acceptors (Lipinski definition) is 4. The van der Waals surface area contributed by atoms with Gasteiger partial charge in [0, 0.05) is 0 Å². The van der Waals surface area contributed by atoms with Crippen LogP contribution < -0.4 is 10.6 Å². The van der Waals surface area contributed by atoms with Crippen molar-refractivity contribution in [1.29, 1.82) is 0 Å². The maximum atomic E-state index is 11.9. The molecule has 1 saturated heterocycles. The molecule has 20 heavy (non-hydrogen) atoms. The number of carboxylic acid groups (broad SMARTS) is 1. The average molecular weight is 283 g/mol. The molecular formula is C12H17N3O5. The van der Waals surface area contributed by atoms with Crippen LogP contribution in [-0.4, -0.2) is 51.4 Å². The Bertz CT molecular complexity index is 495. The third kappa shape index (κ3) is 2.21. The average Bonchev–Trinajstić information content (AvgIpc) is 2.45. The molecule has 8 heteroatoms. The SMILES string of the molecule is CC1(C)NC(=O)N(CC(=O)NC2(C(=O)O)CCC2)C1=O. The molecule has 4 amide bonds. The van der Waals surface area contributed by atoms with Crippen LogP contribution in [0.2, 0.25) is 0 Å². The standard InChI is InChI=1S/C12H17N3O5/c1-11(2)8(17)15(10(20)14-11)6-7(16)13-12(9(18)19)4-3-5-12/h3-6H2,1-2H3,(H,13,16)(H,14,20)(H,18,19). The second-order valence-electron chi connectivity index (χ2n) is 5.74. The molecule has 0 aromatic rings. The monoisotopic (exact) mass is 283 g/mol. The maximum Gasteiger partial charge on any atom is 0.329 e. The summed E-state index contributed by atoms with van der Waals surface area (Å²) < 4.78 is 0. The maximum absolute atomic E-state index is 11.9. The molecule has 3 N–H and O–H groups in total. The normalized spacial score (nSPS) is 23.0. The van der Waals surface area contributed by atoms with Crippen LogP contribution >= 0.6 is 0 Å². The van der Waals surface area contributed by atoms with Gasteiger partial charge in [0.15, 0.2) is 0 Å². The van der Waals surface area contributed by atoms with E-state index in [1.165, 1.54) is 13.8 Å². The lowest BCUT2D eigenvalue weighted by Gasteiger charge is -2.38. The lowest BCUT2D eigenvalue weighted by atomic mass is 9.77. The van der Waals surface area contributed by atoms with E-state index in [0.29, 0.717) is 12.8 Å². The Morgan fingerprint density at radius 2 is 1.95 bits per heavy atom. The minimum absolute atomic E-state index is 0.361. The third-order valence-electron chi connectivity index (χ3n) is 3.74. The molecule has 110 valence electrons. The van der Waals surface area contributed by atoms with Gasteiger partial charge in [-0.1, -0.05) is 0 Å². The molecule has 0 atom stereocenters. The van der Waals surface area contributed by atoms with Crippen LogP contribution in [0.4, 0.5) is 4.79 Å².